The van der Waals surface area contributed by atoms with Crippen molar-refractivity contribution in [1.82, 2.24) is 10.2 Å². The molecular weight excluding hydrogens is 419 g/mol. The van der Waals surface area contributed by atoms with Gasteiger partial charge >= 0.3 is 0 Å². The minimum Gasteiger partial charge on any atom is -0.351 e. The Kier molecular flexibility index (Phi) is 7.90. The van der Waals surface area contributed by atoms with Crippen LogP contribution in [0, 0.1) is 0 Å². The summed E-state index contributed by atoms with van der Waals surface area (Å²) in [6.07, 6.45) is 0.456. The lowest BCUT2D eigenvalue weighted by molar-refractivity contribution is -0.122. The van der Waals surface area contributed by atoms with Crippen LogP contribution < -0.4 is 5.32 Å². The molecule has 6 nitrogen and oxygen atoms in total. The van der Waals surface area contributed by atoms with E-state index in [1.165, 1.54) is 0 Å². The lowest BCUT2D eigenvalue weighted by Crippen LogP contribution is -2.43. The molecule has 0 radical (unpaired) electrons. The average molecular weight is 441 g/mol. The van der Waals surface area contributed by atoms with Crippen LogP contribution in [0.5, 0.6) is 0 Å². The monoisotopic (exact) mass is 440 g/mol. The molecular formula is C16H22Cl2N2O4S2. The van der Waals surface area contributed by atoms with Crippen molar-refractivity contribution >= 4 is 49.7 Å². The highest BCUT2D eigenvalue weighted by Gasteiger charge is 2.29. The molecule has 1 amide bonds. The van der Waals surface area contributed by atoms with Gasteiger partial charge < -0.3 is 5.32 Å². The first-order valence-corrected chi connectivity index (χ1v) is 12.2. The van der Waals surface area contributed by atoms with Crippen LogP contribution in [0.1, 0.15) is 13.3 Å². The van der Waals surface area contributed by atoms with Crippen LogP contribution in [0.25, 0.3) is 0 Å². The Morgan fingerprint density at radius 1 is 1.38 bits per heavy atom. The molecule has 146 valence electrons. The SMILES string of the molecule is CCN(CCS(=O)c1cc(Cl)ccc1Cl)CC(=O)NC1CCS(=O)(=O)C1. The number of amides is 1. The summed E-state index contributed by atoms with van der Waals surface area (Å²) in [6, 6.07) is 4.52. The van der Waals surface area contributed by atoms with Gasteiger partial charge in [0.15, 0.2) is 9.84 Å². The molecule has 26 heavy (non-hydrogen) atoms. The number of sulfone groups is 1. The van der Waals surface area contributed by atoms with Crippen molar-refractivity contribution < 1.29 is 17.4 Å². The van der Waals surface area contributed by atoms with Crippen molar-refractivity contribution in [3.8, 4) is 0 Å². The van der Waals surface area contributed by atoms with E-state index in [4.69, 9.17) is 23.2 Å². The Bertz CT molecular complexity index is 786. The molecule has 0 aliphatic carbocycles. The first-order chi connectivity index (χ1) is 12.2. The number of halogens is 2. The second kappa shape index (κ2) is 9.50. The minimum absolute atomic E-state index is 0.00213. The van der Waals surface area contributed by atoms with Crippen LogP contribution in [0.4, 0.5) is 0 Å². The molecule has 2 atom stereocenters. The van der Waals surface area contributed by atoms with Gasteiger partial charge in [0.05, 0.1) is 38.8 Å². The topological polar surface area (TPSA) is 83.6 Å². The fourth-order valence-electron chi connectivity index (χ4n) is 2.71. The summed E-state index contributed by atoms with van der Waals surface area (Å²) >= 11 is 12.0. The zero-order chi connectivity index (χ0) is 19.3. The average Bonchev–Trinajstić information content (AvgIpc) is 2.91. The Morgan fingerprint density at radius 3 is 2.73 bits per heavy atom. The molecule has 1 aliphatic rings. The fourth-order valence-corrected chi connectivity index (χ4v) is 6.18. The molecule has 0 bridgehead atoms. The van der Waals surface area contributed by atoms with Gasteiger partial charge in [-0.15, -0.1) is 0 Å². The Labute approximate surface area is 166 Å². The predicted octanol–water partition coefficient (Wildman–Crippen LogP) is 1.73. The van der Waals surface area contributed by atoms with Gasteiger partial charge in [0.1, 0.15) is 0 Å². The molecule has 1 heterocycles. The number of hydrogen-bond donors (Lipinski definition) is 1. The maximum Gasteiger partial charge on any atom is 0.234 e. The van der Waals surface area contributed by atoms with Crippen molar-refractivity contribution in [2.75, 3.05) is 36.9 Å². The van der Waals surface area contributed by atoms with Crippen molar-refractivity contribution in [2.45, 2.75) is 24.3 Å². The van der Waals surface area contributed by atoms with E-state index in [0.29, 0.717) is 40.2 Å². The summed E-state index contributed by atoms with van der Waals surface area (Å²) in [5.74, 6) is 0.219. The number of carbonyl (C=O) groups excluding carboxylic acids is 1. The van der Waals surface area contributed by atoms with Crippen molar-refractivity contribution in [3.63, 3.8) is 0 Å². The number of carbonyl (C=O) groups is 1. The highest BCUT2D eigenvalue weighted by molar-refractivity contribution is 7.91. The second-order valence-corrected chi connectivity index (χ2v) is 10.8. The summed E-state index contributed by atoms with van der Waals surface area (Å²) in [5.41, 5.74) is 0. The van der Waals surface area contributed by atoms with Gasteiger partial charge in [0.2, 0.25) is 5.91 Å². The van der Waals surface area contributed by atoms with Crippen LogP contribution in [-0.4, -0.2) is 66.4 Å². The molecule has 1 saturated heterocycles. The third-order valence-corrected chi connectivity index (χ3v) is 7.97. The Morgan fingerprint density at radius 2 is 2.12 bits per heavy atom. The lowest BCUT2D eigenvalue weighted by atomic mass is 10.2. The van der Waals surface area contributed by atoms with E-state index in [1.807, 2.05) is 11.8 Å². The van der Waals surface area contributed by atoms with Crippen molar-refractivity contribution in [3.05, 3.63) is 28.2 Å². The van der Waals surface area contributed by atoms with E-state index in [0.717, 1.165) is 0 Å². The maximum absolute atomic E-state index is 12.4. The summed E-state index contributed by atoms with van der Waals surface area (Å²) in [7, 11) is -4.35. The molecule has 10 heteroatoms. The smallest absolute Gasteiger partial charge is 0.234 e. The molecule has 0 spiro atoms. The van der Waals surface area contributed by atoms with Gasteiger partial charge in [-0.2, -0.15) is 0 Å². The first kappa shape index (κ1) is 21.6. The number of benzene rings is 1. The van der Waals surface area contributed by atoms with Gasteiger partial charge in [-0.1, -0.05) is 30.1 Å². The van der Waals surface area contributed by atoms with Gasteiger partial charge in [0, 0.05) is 23.4 Å². The third kappa shape index (κ3) is 6.49. The van der Waals surface area contributed by atoms with Crippen molar-refractivity contribution in [1.29, 1.82) is 0 Å². The fraction of sp³-hybridized carbons (Fsp3) is 0.562. The zero-order valence-electron chi connectivity index (χ0n) is 14.4. The molecule has 2 rings (SSSR count). The van der Waals surface area contributed by atoms with Gasteiger partial charge in [-0.05, 0) is 31.2 Å². The molecule has 2 unspecified atom stereocenters. The standard InChI is InChI=1S/C16H22Cl2N2O4S2/c1-2-20(10-16(21)19-13-5-8-26(23,24)11-13)6-7-25(22)15-9-12(17)3-4-14(15)18/h3-4,9,13H,2,5-8,10-11H2,1H3,(H,19,21). The summed E-state index contributed by atoms with van der Waals surface area (Å²) in [6.45, 7) is 3.09. The quantitative estimate of drug-likeness (QED) is 0.665. The third-order valence-electron chi connectivity index (χ3n) is 4.14. The number of nitrogens with one attached hydrogen (secondary N) is 1. The number of hydrogen-bond acceptors (Lipinski definition) is 5. The molecule has 0 saturated carbocycles. The zero-order valence-corrected chi connectivity index (χ0v) is 17.6. The Hall–Kier alpha value is -0.670. The lowest BCUT2D eigenvalue weighted by Gasteiger charge is -2.21. The van der Waals surface area contributed by atoms with Crippen LogP contribution >= 0.6 is 23.2 Å². The largest absolute Gasteiger partial charge is 0.351 e. The van der Waals surface area contributed by atoms with Crippen LogP contribution in [0.2, 0.25) is 10.0 Å². The van der Waals surface area contributed by atoms with Crippen LogP contribution in [0.15, 0.2) is 23.1 Å². The van der Waals surface area contributed by atoms with Crippen LogP contribution in [-0.2, 0) is 25.4 Å². The normalized spacial score (nSPS) is 20.2. The van der Waals surface area contributed by atoms with Crippen LogP contribution in [0.3, 0.4) is 0 Å². The highest BCUT2D eigenvalue weighted by Crippen LogP contribution is 2.23. The van der Waals surface area contributed by atoms with Gasteiger partial charge in [-0.25, -0.2) is 8.42 Å². The molecule has 1 aliphatic heterocycles. The first-order valence-electron chi connectivity index (χ1n) is 8.25. The van der Waals surface area contributed by atoms with E-state index >= 15 is 0 Å². The Balaban J connectivity index is 1.84. The van der Waals surface area contributed by atoms with E-state index in [9.17, 15) is 17.4 Å². The molecule has 1 fully saturated rings. The predicted molar refractivity (Wildman–Crippen MR) is 105 cm³/mol. The number of likely N-dealkylation sites (N-methyl/N-ethyl adjacent to an activating group) is 1. The maximum atomic E-state index is 12.4. The summed E-state index contributed by atoms with van der Waals surface area (Å²) in [4.78, 5) is 14.5. The van der Waals surface area contributed by atoms with Gasteiger partial charge in [0.25, 0.3) is 0 Å². The molecule has 1 aromatic carbocycles. The van der Waals surface area contributed by atoms with E-state index in [1.54, 1.807) is 18.2 Å². The number of rotatable bonds is 8. The summed E-state index contributed by atoms with van der Waals surface area (Å²) in [5, 5.41) is 3.63. The molecule has 1 N–H and O–H groups in total. The highest BCUT2D eigenvalue weighted by atomic mass is 35.5. The minimum atomic E-state index is -3.03. The van der Waals surface area contributed by atoms with Gasteiger partial charge in [-0.3, -0.25) is 13.9 Å². The molecule has 1 aromatic rings. The van der Waals surface area contributed by atoms with E-state index in [-0.39, 0.29) is 30.0 Å². The summed E-state index contributed by atoms with van der Waals surface area (Å²) < 4.78 is 35.3. The molecule has 0 aromatic heterocycles. The van der Waals surface area contributed by atoms with E-state index < -0.39 is 20.6 Å². The second-order valence-electron chi connectivity index (χ2n) is 6.16. The van der Waals surface area contributed by atoms with E-state index in [2.05, 4.69) is 5.32 Å². The van der Waals surface area contributed by atoms with Crippen molar-refractivity contribution in [2.24, 2.45) is 0 Å². The number of nitrogens with zero attached hydrogens (tertiary/aromatic N) is 1.